The number of rotatable bonds is 7. The molecule has 0 aliphatic carbocycles. The molecule has 0 bridgehead atoms. The number of likely N-dealkylation sites (tertiary alicyclic amines) is 1. The maximum Gasteiger partial charge on any atom is 0.337 e. The molecule has 0 spiro atoms. The largest absolute Gasteiger partial charge is 0.489 e. The van der Waals surface area contributed by atoms with Crippen molar-refractivity contribution in [3.05, 3.63) is 64.8 Å². The summed E-state index contributed by atoms with van der Waals surface area (Å²) < 4.78 is 37.1. The van der Waals surface area contributed by atoms with Gasteiger partial charge in [-0.1, -0.05) is 18.2 Å². The maximum absolute atomic E-state index is 12.8. The van der Waals surface area contributed by atoms with E-state index in [1.165, 1.54) is 7.11 Å². The first kappa shape index (κ1) is 23.2. The number of methoxy groups -OCH3 is 1. The molecule has 3 aromatic rings. The molecule has 4 rings (SSSR count). The first-order valence-electron chi connectivity index (χ1n) is 11.3. The molecule has 2 aromatic carbocycles. The quantitative estimate of drug-likeness (QED) is 0.480. The van der Waals surface area contributed by atoms with Crippen molar-refractivity contribution in [3.63, 3.8) is 0 Å². The number of nitrogens with one attached hydrogen (secondary N) is 1. The van der Waals surface area contributed by atoms with E-state index in [-0.39, 0.29) is 24.4 Å². The van der Waals surface area contributed by atoms with Crippen LogP contribution in [0.5, 0.6) is 5.75 Å². The predicted octanol–water partition coefficient (Wildman–Crippen LogP) is 5.46. The van der Waals surface area contributed by atoms with Crippen LogP contribution in [-0.2, 0) is 4.74 Å². The van der Waals surface area contributed by atoms with Gasteiger partial charge in [0.15, 0.2) is 0 Å². The molecule has 1 fully saturated rings. The van der Waals surface area contributed by atoms with E-state index >= 15 is 0 Å². The fourth-order valence-corrected chi connectivity index (χ4v) is 4.79. The molecular weight excluding hydrogens is 426 g/mol. The van der Waals surface area contributed by atoms with Crippen molar-refractivity contribution in [1.29, 1.82) is 0 Å². The highest BCUT2D eigenvalue weighted by Crippen LogP contribution is 2.37. The lowest BCUT2D eigenvalue weighted by Crippen LogP contribution is -2.44. The van der Waals surface area contributed by atoms with Gasteiger partial charge in [-0.25, -0.2) is 13.6 Å². The summed E-state index contributed by atoms with van der Waals surface area (Å²) in [6.45, 7) is 5.80. The monoisotopic (exact) mass is 456 g/mol. The van der Waals surface area contributed by atoms with Crippen LogP contribution in [0.4, 0.5) is 8.78 Å². The summed E-state index contributed by atoms with van der Waals surface area (Å²) in [5.74, 6) is 0.457. The normalized spacial score (nSPS) is 19.2. The molecule has 0 saturated carbocycles. The number of benzene rings is 2. The summed E-state index contributed by atoms with van der Waals surface area (Å²) >= 11 is 0. The lowest BCUT2D eigenvalue weighted by molar-refractivity contribution is 0.0600. The Kier molecular flexibility index (Phi) is 6.98. The van der Waals surface area contributed by atoms with Gasteiger partial charge in [0.05, 0.1) is 18.2 Å². The van der Waals surface area contributed by atoms with E-state index < -0.39 is 6.43 Å². The van der Waals surface area contributed by atoms with Crippen molar-refractivity contribution < 1.29 is 23.0 Å². The van der Waals surface area contributed by atoms with Gasteiger partial charge in [-0.2, -0.15) is 0 Å². The minimum Gasteiger partial charge on any atom is -0.489 e. The summed E-state index contributed by atoms with van der Waals surface area (Å²) in [4.78, 5) is 17.2. The van der Waals surface area contributed by atoms with Gasteiger partial charge < -0.3 is 19.4 Å². The number of esters is 1. The number of nitrogens with zero attached hydrogens (tertiary/aromatic N) is 1. The number of aromatic nitrogens is 1. The minimum atomic E-state index is -2.31. The number of aromatic amines is 1. The molecule has 2 atom stereocenters. The van der Waals surface area contributed by atoms with Gasteiger partial charge in [-0.05, 0) is 55.2 Å². The van der Waals surface area contributed by atoms with Gasteiger partial charge in [0, 0.05) is 43.6 Å². The van der Waals surface area contributed by atoms with Crippen LogP contribution in [0, 0.1) is 13.8 Å². The summed E-state index contributed by atoms with van der Waals surface area (Å²) in [5, 5.41) is 1.05. The Labute approximate surface area is 192 Å². The van der Waals surface area contributed by atoms with Gasteiger partial charge in [0.2, 0.25) is 6.43 Å². The van der Waals surface area contributed by atoms with Crippen LogP contribution in [0.2, 0.25) is 0 Å². The second kappa shape index (κ2) is 9.91. The molecule has 0 unspecified atom stereocenters. The minimum absolute atomic E-state index is 0.0159. The van der Waals surface area contributed by atoms with Crippen molar-refractivity contribution in [2.45, 2.75) is 45.1 Å². The van der Waals surface area contributed by atoms with Crippen molar-refractivity contribution in [2.75, 3.05) is 26.7 Å². The van der Waals surface area contributed by atoms with E-state index in [0.717, 1.165) is 39.8 Å². The molecular formula is C26H30F2N2O3. The Morgan fingerprint density at radius 1 is 1.18 bits per heavy atom. The average Bonchev–Trinajstić information content (AvgIpc) is 3.31. The van der Waals surface area contributed by atoms with E-state index in [1.54, 1.807) is 12.1 Å². The third kappa shape index (κ3) is 5.03. The summed E-state index contributed by atoms with van der Waals surface area (Å²) in [5.41, 5.74) is 4.79. The number of halogens is 2. The Bertz CT molecular complexity index is 1110. The molecule has 33 heavy (non-hydrogen) atoms. The number of alkyl halides is 2. The van der Waals surface area contributed by atoms with Gasteiger partial charge >= 0.3 is 5.97 Å². The van der Waals surface area contributed by atoms with Crippen LogP contribution in [0.25, 0.3) is 10.9 Å². The highest BCUT2D eigenvalue weighted by Gasteiger charge is 2.33. The van der Waals surface area contributed by atoms with Crippen LogP contribution in [-0.4, -0.2) is 55.1 Å². The summed E-state index contributed by atoms with van der Waals surface area (Å²) in [6, 6.07) is 11.5. The van der Waals surface area contributed by atoms with E-state index in [0.29, 0.717) is 25.2 Å². The number of fused-ring (bicyclic) bond motifs is 1. The predicted molar refractivity (Wildman–Crippen MR) is 124 cm³/mol. The number of piperidine rings is 1. The molecule has 1 aliphatic heterocycles. The lowest BCUT2D eigenvalue weighted by Gasteiger charge is -2.39. The molecule has 2 heterocycles. The second-order valence-electron chi connectivity index (χ2n) is 8.75. The zero-order valence-electron chi connectivity index (χ0n) is 19.2. The molecule has 1 saturated heterocycles. The third-order valence-corrected chi connectivity index (χ3v) is 6.50. The highest BCUT2D eigenvalue weighted by molar-refractivity contribution is 5.90. The first-order chi connectivity index (χ1) is 15.9. The molecule has 1 aliphatic rings. The van der Waals surface area contributed by atoms with Crippen LogP contribution in [0.3, 0.4) is 0 Å². The van der Waals surface area contributed by atoms with Crippen LogP contribution in [0.1, 0.15) is 45.8 Å². The van der Waals surface area contributed by atoms with E-state index in [4.69, 9.17) is 9.47 Å². The summed E-state index contributed by atoms with van der Waals surface area (Å²) in [7, 11) is 1.35. The molecule has 0 radical (unpaired) electrons. The number of aryl methyl sites for hydroxylation is 2. The van der Waals surface area contributed by atoms with E-state index in [9.17, 15) is 13.6 Å². The van der Waals surface area contributed by atoms with Crippen LogP contribution in [0.15, 0.2) is 42.6 Å². The molecule has 7 heteroatoms. The Hall–Kier alpha value is -2.93. The van der Waals surface area contributed by atoms with Crippen molar-refractivity contribution in [2.24, 2.45) is 0 Å². The molecule has 5 nitrogen and oxygen atoms in total. The van der Waals surface area contributed by atoms with Gasteiger partial charge in [-0.3, -0.25) is 0 Å². The van der Waals surface area contributed by atoms with Gasteiger partial charge in [0.25, 0.3) is 0 Å². The van der Waals surface area contributed by atoms with Gasteiger partial charge in [0.1, 0.15) is 11.9 Å². The van der Waals surface area contributed by atoms with E-state index in [2.05, 4.69) is 22.9 Å². The third-order valence-electron chi connectivity index (χ3n) is 6.50. The fraction of sp³-hybridized carbons (Fsp3) is 0.423. The number of H-pyrrole nitrogens is 1. The fourth-order valence-electron chi connectivity index (χ4n) is 4.79. The SMILES string of the molecule is COC(=O)c1ccc([C@@H]2CN(CCC(F)F)CC[C@H]2Oc2c(C)cc(C)c3[nH]ccc23)cc1. The number of carbonyl (C=O) groups excluding carboxylic acids is 1. The zero-order valence-corrected chi connectivity index (χ0v) is 19.2. The molecule has 1 N–H and O–H groups in total. The first-order valence-corrected chi connectivity index (χ1v) is 11.3. The van der Waals surface area contributed by atoms with Crippen molar-refractivity contribution in [1.82, 2.24) is 9.88 Å². The topological polar surface area (TPSA) is 54.6 Å². The average molecular weight is 457 g/mol. The molecule has 176 valence electrons. The number of hydrogen-bond donors (Lipinski definition) is 1. The van der Waals surface area contributed by atoms with Crippen LogP contribution >= 0.6 is 0 Å². The maximum atomic E-state index is 12.8. The Morgan fingerprint density at radius 2 is 1.94 bits per heavy atom. The number of carbonyl (C=O) groups is 1. The second-order valence-corrected chi connectivity index (χ2v) is 8.75. The summed E-state index contributed by atoms with van der Waals surface area (Å²) in [6.07, 6.45) is 0.0805. The standard InChI is InChI=1S/C26H30F2N2O3/c1-16-14-17(2)25(20-8-11-29-24(16)20)33-22-9-12-30(13-10-23(27)28)15-21(22)18-4-6-19(7-5-18)26(31)32-3/h4-8,11,14,21-23,29H,9-10,12-13,15H2,1-3H3/t21-,22+/m0/s1. The smallest absolute Gasteiger partial charge is 0.337 e. The lowest BCUT2D eigenvalue weighted by atomic mass is 9.87. The van der Waals surface area contributed by atoms with Crippen molar-refractivity contribution >= 4 is 16.9 Å². The van der Waals surface area contributed by atoms with Crippen molar-refractivity contribution in [3.8, 4) is 5.75 Å². The van der Waals surface area contributed by atoms with Crippen LogP contribution < -0.4 is 4.74 Å². The molecule has 0 amide bonds. The Balaban J connectivity index is 1.63. The zero-order chi connectivity index (χ0) is 23.5. The highest BCUT2D eigenvalue weighted by atomic mass is 19.3. The van der Waals surface area contributed by atoms with Gasteiger partial charge in [-0.15, -0.1) is 0 Å². The molecule has 1 aromatic heterocycles. The number of ether oxygens (including phenoxy) is 2. The Morgan fingerprint density at radius 3 is 2.64 bits per heavy atom. The number of hydrogen-bond acceptors (Lipinski definition) is 4. The van der Waals surface area contributed by atoms with E-state index in [1.807, 2.05) is 31.3 Å².